The molecule has 0 saturated heterocycles. The van der Waals surface area contributed by atoms with Gasteiger partial charge < -0.3 is 15.1 Å². The van der Waals surface area contributed by atoms with Gasteiger partial charge in [0.15, 0.2) is 10.8 Å². The zero-order chi connectivity index (χ0) is 17.5. The third kappa shape index (κ3) is 4.77. The van der Waals surface area contributed by atoms with Crippen LogP contribution in [0.1, 0.15) is 16.1 Å². The Morgan fingerprint density at radius 3 is 2.68 bits per heavy atom. The molecule has 2 N–H and O–H groups in total. The van der Waals surface area contributed by atoms with E-state index in [0.29, 0.717) is 17.3 Å². The van der Waals surface area contributed by atoms with Crippen molar-refractivity contribution in [2.45, 2.75) is 6.42 Å². The predicted octanol–water partition coefficient (Wildman–Crippen LogP) is 2.49. The molecule has 0 spiro atoms. The van der Waals surface area contributed by atoms with Gasteiger partial charge in [-0.2, -0.15) is 0 Å². The number of nitrogens with one attached hydrogen (secondary N) is 2. The van der Waals surface area contributed by atoms with Crippen molar-refractivity contribution in [1.82, 2.24) is 15.6 Å². The lowest BCUT2D eigenvalue weighted by Crippen LogP contribution is -2.37. The average molecular weight is 355 g/mol. The number of nitrogens with zero attached hydrogens (tertiary/aromatic N) is 1. The lowest BCUT2D eigenvalue weighted by Gasteiger charge is -2.06. The number of carbonyl (C=O) groups is 2. The summed E-state index contributed by atoms with van der Waals surface area (Å²) in [4.78, 5) is 28.1. The number of rotatable bonds is 7. The van der Waals surface area contributed by atoms with Crippen molar-refractivity contribution in [3.8, 4) is 10.8 Å². The summed E-state index contributed by atoms with van der Waals surface area (Å²) in [6, 6.07) is 13.4. The molecule has 0 bridgehead atoms. The van der Waals surface area contributed by atoms with Crippen molar-refractivity contribution < 1.29 is 14.0 Å². The maximum absolute atomic E-state index is 12.0. The molecule has 3 aromatic rings. The van der Waals surface area contributed by atoms with E-state index >= 15 is 0 Å². The van der Waals surface area contributed by atoms with Gasteiger partial charge in [-0.25, -0.2) is 4.98 Å². The molecule has 0 unspecified atom stereocenters. The highest BCUT2D eigenvalue weighted by atomic mass is 32.1. The summed E-state index contributed by atoms with van der Waals surface area (Å²) in [7, 11) is 0. The van der Waals surface area contributed by atoms with E-state index in [4.69, 9.17) is 4.42 Å². The molecule has 0 saturated carbocycles. The second-order valence-electron chi connectivity index (χ2n) is 5.28. The van der Waals surface area contributed by atoms with Gasteiger partial charge in [0.2, 0.25) is 5.91 Å². The number of furan rings is 1. The van der Waals surface area contributed by atoms with Gasteiger partial charge >= 0.3 is 0 Å². The van der Waals surface area contributed by atoms with E-state index in [9.17, 15) is 9.59 Å². The Kier molecular flexibility index (Phi) is 5.58. The maximum atomic E-state index is 12.0. The van der Waals surface area contributed by atoms with Gasteiger partial charge in [-0.3, -0.25) is 9.59 Å². The van der Waals surface area contributed by atoms with Crippen LogP contribution in [0.5, 0.6) is 0 Å². The van der Waals surface area contributed by atoms with E-state index in [2.05, 4.69) is 15.6 Å². The smallest absolute Gasteiger partial charge is 0.271 e. The van der Waals surface area contributed by atoms with Crippen molar-refractivity contribution in [2.75, 3.05) is 13.1 Å². The standard InChI is InChI=1S/C18H17N3O3S/c22-16(19-9-8-13-5-2-1-3-6-13)11-20-17(23)14-12-25-18(21-14)15-7-4-10-24-15/h1-7,10,12H,8-9,11H2,(H,19,22)(H,20,23). The lowest BCUT2D eigenvalue weighted by atomic mass is 10.1. The summed E-state index contributed by atoms with van der Waals surface area (Å²) in [5, 5.41) is 7.61. The summed E-state index contributed by atoms with van der Waals surface area (Å²) in [6.07, 6.45) is 2.30. The third-order valence-corrected chi connectivity index (χ3v) is 4.31. The number of aromatic nitrogens is 1. The van der Waals surface area contributed by atoms with Gasteiger partial charge in [0, 0.05) is 11.9 Å². The largest absolute Gasteiger partial charge is 0.462 e. The zero-order valence-corrected chi connectivity index (χ0v) is 14.2. The number of carbonyl (C=O) groups excluding carboxylic acids is 2. The Hall–Kier alpha value is -2.93. The van der Waals surface area contributed by atoms with E-state index < -0.39 is 0 Å². The van der Waals surface area contributed by atoms with Crippen LogP contribution in [0, 0.1) is 0 Å². The van der Waals surface area contributed by atoms with Crippen LogP contribution >= 0.6 is 11.3 Å². The summed E-state index contributed by atoms with van der Waals surface area (Å²) in [6.45, 7) is 0.444. The molecule has 128 valence electrons. The van der Waals surface area contributed by atoms with Gasteiger partial charge in [0.05, 0.1) is 12.8 Å². The fourth-order valence-electron chi connectivity index (χ4n) is 2.20. The minimum atomic E-state index is -0.382. The van der Waals surface area contributed by atoms with Crippen LogP contribution < -0.4 is 10.6 Å². The molecule has 0 fully saturated rings. The first-order valence-corrected chi connectivity index (χ1v) is 8.68. The first kappa shape index (κ1) is 16.9. The first-order valence-electron chi connectivity index (χ1n) is 7.80. The molecule has 0 aliphatic rings. The molecule has 0 radical (unpaired) electrons. The highest BCUT2D eigenvalue weighted by Gasteiger charge is 2.14. The molecule has 2 amide bonds. The number of hydrogen-bond acceptors (Lipinski definition) is 5. The normalized spacial score (nSPS) is 10.4. The fraction of sp³-hybridized carbons (Fsp3) is 0.167. The van der Waals surface area contributed by atoms with Gasteiger partial charge in [-0.05, 0) is 24.1 Å². The Balaban J connectivity index is 1.42. The number of amides is 2. The van der Waals surface area contributed by atoms with Crippen molar-refractivity contribution in [1.29, 1.82) is 0 Å². The van der Waals surface area contributed by atoms with E-state index in [0.717, 1.165) is 12.0 Å². The summed E-state index contributed by atoms with van der Waals surface area (Å²) in [5.74, 6) is 0.000685. The zero-order valence-electron chi connectivity index (χ0n) is 13.4. The summed E-state index contributed by atoms with van der Waals surface area (Å²) >= 11 is 1.32. The van der Waals surface area contributed by atoms with E-state index in [1.165, 1.54) is 11.3 Å². The van der Waals surface area contributed by atoms with E-state index in [1.54, 1.807) is 23.8 Å². The van der Waals surface area contributed by atoms with Crippen molar-refractivity contribution in [2.24, 2.45) is 0 Å². The van der Waals surface area contributed by atoms with Gasteiger partial charge in [-0.15, -0.1) is 11.3 Å². The molecule has 3 rings (SSSR count). The van der Waals surface area contributed by atoms with Crippen LogP contribution in [0.2, 0.25) is 0 Å². The topological polar surface area (TPSA) is 84.2 Å². The number of thiazole rings is 1. The highest BCUT2D eigenvalue weighted by molar-refractivity contribution is 7.13. The lowest BCUT2D eigenvalue weighted by molar-refractivity contribution is -0.120. The number of hydrogen-bond donors (Lipinski definition) is 2. The van der Waals surface area contributed by atoms with Crippen molar-refractivity contribution in [3.05, 3.63) is 65.4 Å². The van der Waals surface area contributed by atoms with Gasteiger partial charge in [0.1, 0.15) is 5.69 Å². The Morgan fingerprint density at radius 2 is 1.92 bits per heavy atom. The fourth-order valence-corrected chi connectivity index (χ4v) is 2.96. The van der Waals surface area contributed by atoms with Crippen molar-refractivity contribution in [3.63, 3.8) is 0 Å². The van der Waals surface area contributed by atoms with Crippen LogP contribution in [0.4, 0.5) is 0 Å². The predicted molar refractivity (Wildman–Crippen MR) is 95.3 cm³/mol. The minimum absolute atomic E-state index is 0.0821. The molecule has 25 heavy (non-hydrogen) atoms. The molecule has 0 aliphatic carbocycles. The molecule has 7 heteroatoms. The average Bonchev–Trinajstić information content (AvgIpc) is 3.32. The Morgan fingerprint density at radius 1 is 1.08 bits per heavy atom. The molecule has 6 nitrogen and oxygen atoms in total. The molecular formula is C18H17N3O3S. The van der Waals surface area contributed by atoms with Crippen LogP contribution in [0.3, 0.4) is 0 Å². The second-order valence-corrected chi connectivity index (χ2v) is 6.14. The first-order chi connectivity index (χ1) is 12.2. The van der Waals surface area contributed by atoms with Gasteiger partial charge in [-0.1, -0.05) is 30.3 Å². The van der Waals surface area contributed by atoms with E-state index in [-0.39, 0.29) is 24.1 Å². The summed E-state index contributed by atoms with van der Waals surface area (Å²) < 4.78 is 5.24. The van der Waals surface area contributed by atoms with Gasteiger partial charge in [0.25, 0.3) is 5.91 Å². The molecule has 1 aromatic carbocycles. The Bertz CT molecular complexity index is 828. The molecule has 0 atom stereocenters. The second kappa shape index (κ2) is 8.25. The quantitative estimate of drug-likeness (QED) is 0.682. The maximum Gasteiger partial charge on any atom is 0.271 e. The molecule has 2 aromatic heterocycles. The minimum Gasteiger partial charge on any atom is -0.462 e. The van der Waals surface area contributed by atoms with Crippen molar-refractivity contribution >= 4 is 23.2 Å². The Labute approximate surface area is 148 Å². The SMILES string of the molecule is O=C(CNC(=O)c1csc(-c2ccco2)n1)NCCc1ccccc1. The van der Waals surface area contributed by atoms with E-state index in [1.807, 2.05) is 30.3 Å². The highest BCUT2D eigenvalue weighted by Crippen LogP contribution is 2.23. The molecule has 0 aliphatic heterocycles. The monoisotopic (exact) mass is 355 g/mol. The van der Waals surface area contributed by atoms with Crippen LogP contribution in [-0.4, -0.2) is 29.9 Å². The number of benzene rings is 1. The van der Waals surface area contributed by atoms with Crippen LogP contribution in [-0.2, 0) is 11.2 Å². The van der Waals surface area contributed by atoms with Crippen LogP contribution in [0.25, 0.3) is 10.8 Å². The summed E-state index contributed by atoms with van der Waals surface area (Å²) in [5.41, 5.74) is 1.42. The molecular weight excluding hydrogens is 338 g/mol. The molecule has 2 heterocycles. The van der Waals surface area contributed by atoms with Crippen LogP contribution in [0.15, 0.2) is 58.5 Å². The third-order valence-electron chi connectivity index (χ3n) is 3.46.